The van der Waals surface area contributed by atoms with Gasteiger partial charge in [-0.15, -0.1) is 24.0 Å². The number of fused-ring (bicyclic) bond motifs is 1. The smallest absolute Gasteiger partial charge is 0.243 e. The van der Waals surface area contributed by atoms with Gasteiger partial charge in [0.15, 0.2) is 5.96 Å². The van der Waals surface area contributed by atoms with E-state index in [9.17, 15) is 8.42 Å². The summed E-state index contributed by atoms with van der Waals surface area (Å²) in [5, 5.41) is 3.53. The lowest BCUT2D eigenvalue weighted by Crippen LogP contribution is -2.48. The molecule has 8 heteroatoms. The summed E-state index contributed by atoms with van der Waals surface area (Å²) in [4.78, 5) is 7.47. The van der Waals surface area contributed by atoms with Crippen LogP contribution in [-0.4, -0.2) is 55.8 Å². The SMILES string of the molecule is CCN(CC)S(=O)(=O)c1ccc(C(C)NC2=NCC3CCC(C)CN23)cc1.I. The third-order valence-electron chi connectivity index (χ3n) is 5.73. The first-order chi connectivity index (χ1) is 12.9. The summed E-state index contributed by atoms with van der Waals surface area (Å²) in [6.45, 7) is 11.0. The fourth-order valence-corrected chi connectivity index (χ4v) is 5.45. The van der Waals surface area contributed by atoms with Crippen molar-refractivity contribution in [2.45, 2.75) is 57.5 Å². The van der Waals surface area contributed by atoms with E-state index in [0.717, 1.165) is 24.6 Å². The van der Waals surface area contributed by atoms with Crippen LogP contribution in [0.5, 0.6) is 0 Å². The summed E-state index contributed by atoms with van der Waals surface area (Å²) >= 11 is 0. The third-order valence-corrected chi connectivity index (χ3v) is 7.80. The molecule has 0 radical (unpaired) electrons. The van der Waals surface area contributed by atoms with Gasteiger partial charge in [0, 0.05) is 19.6 Å². The fourth-order valence-electron chi connectivity index (χ4n) is 3.99. The molecule has 2 aliphatic heterocycles. The first kappa shape index (κ1) is 23.4. The Kier molecular flexibility index (Phi) is 8.16. The Morgan fingerprint density at radius 1 is 1.21 bits per heavy atom. The Morgan fingerprint density at radius 3 is 2.46 bits per heavy atom. The zero-order valence-electron chi connectivity index (χ0n) is 17.3. The van der Waals surface area contributed by atoms with Crippen molar-refractivity contribution in [2.75, 3.05) is 26.2 Å². The standard InChI is InChI=1S/C20H32N4O2S.HI/c1-5-23(6-2)27(25,26)19-11-8-17(9-12-19)16(4)22-20-21-13-18-10-7-15(3)14-24(18)20;/h8-9,11-12,15-16,18H,5-7,10,13-14H2,1-4H3,(H,21,22);1H. The lowest BCUT2D eigenvalue weighted by Gasteiger charge is -2.36. The maximum Gasteiger partial charge on any atom is 0.243 e. The Bertz CT molecular complexity index is 778. The van der Waals surface area contributed by atoms with Crippen molar-refractivity contribution in [3.63, 3.8) is 0 Å². The summed E-state index contributed by atoms with van der Waals surface area (Å²) in [6, 6.07) is 7.84. The zero-order valence-corrected chi connectivity index (χ0v) is 20.4. The second-order valence-corrected chi connectivity index (χ2v) is 9.62. The minimum Gasteiger partial charge on any atom is -0.350 e. The van der Waals surface area contributed by atoms with Crippen molar-refractivity contribution in [1.82, 2.24) is 14.5 Å². The van der Waals surface area contributed by atoms with Gasteiger partial charge < -0.3 is 10.2 Å². The second-order valence-electron chi connectivity index (χ2n) is 7.68. The maximum absolute atomic E-state index is 12.6. The Balaban J connectivity index is 0.00000280. The normalized spacial score (nSPS) is 23.0. The predicted molar refractivity (Wildman–Crippen MR) is 125 cm³/mol. The van der Waals surface area contributed by atoms with Crippen molar-refractivity contribution >= 4 is 40.0 Å². The topological polar surface area (TPSA) is 65.0 Å². The summed E-state index contributed by atoms with van der Waals surface area (Å²) in [5.41, 5.74) is 1.06. The minimum atomic E-state index is -3.41. The number of guanidine groups is 1. The average Bonchev–Trinajstić information content (AvgIpc) is 3.04. The van der Waals surface area contributed by atoms with Crippen LogP contribution in [0.15, 0.2) is 34.2 Å². The fraction of sp³-hybridized carbons (Fsp3) is 0.650. The summed E-state index contributed by atoms with van der Waals surface area (Å²) < 4.78 is 26.7. The van der Waals surface area contributed by atoms with Gasteiger partial charge in [-0.2, -0.15) is 4.31 Å². The van der Waals surface area contributed by atoms with Crippen molar-refractivity contribution in [1.29, 1.82) is 0 Å². The molecule has 0 bridgehead atoms. The van der Waals surface area contributed by atoms with E-state index in [-0.39, 0.29) is 30.0 Å². The minimum absolute atomic E-state index is 0. The largest absolute Gasteiger partial charge is 0.350 e. The van der Waals surface area contributed by atoms with Gasteiger partial charge in [0.05, 0.1) is 23.5 Å². The monoisotopic (exact) mass is 520 g/mol. The van der Waals surface area contributed by atoms with Crippen molar-refractivity contribution in [2.24, 2.45) is 10.9 Å². The van der Waals surface area contributed by atoms with Crippen LogP contribution in [0.1, 0.15) is 52.1 Å². The van der Waals surface area contributed by atoms with Gasteiger partial charge >= 0.3 is 0 Å². The van der Waals surface area contributed by atoms with Crippen LogP contribution < -0.4 is 5.32 Å². The molecule has 1 aromatic rings. The summed E-state index contributed by atoms with van der Waals surface area (Å²) in [7, 11) is -3.41. The molecule has 3 rings (SSSR count). The van der Waals surface area contributed by atoms with Gasteiger partial charge in [-0.25, -0.2) is 8.42 Å². The number of sulfonamides is 1. The number of benzene rings is 1. The molecule has 158 valence electrons. The molecule has 3 atom stereocenters. The number of rotatable bonds is 6. The Morgan fingerprint density at radius 2 is 1.86 bits per heavy atom. The number of halogens is 1. The first-order valence-electron chi connectivity index (χ1n) is 10.0. The average molecular weight is 520 g/mol. The predicted octanol–water partition coefficient (Wildman–Crippen LogP) is 3.46. The number of nitrogens with zero attached hydrogens (tertiary/aromatic N) is 3. The molecule has 6 nitrogen and oxygen atoms in total. The van der Waals surface area contributed by atoms with E-state index in [4.69, 9.17) is 4.99 Å². The molecule has 0 aliphatic carbocycles. The van der Waals surface area contributed by atoms with Crippen LogP contribution in [0.2, 0.25) is 0 Å². The van der Waals surface area contributed by atoms with Gasteiger partial charge in [-0.1, -0.05) is 32.9 Å². The van der Waals surface area contributed by atoms with Crippen molar-refractivity contribution in [3.05, 3.63) is 29.8 Å². The third kappa shape index (κ3) is 4.81. The second kappa shape index (κ2) is 9.75. The highest BCUT2D eigenvalue weighted by atomic mass is 127. The highest BCUT2D eigenvalue weighted by Gasteiger charge is 2.33. The molecule has 1 aromatic carbocycles. The van der Waals surface area contributed by atoms with E-state index in [2.05, 4.69) is 24.1 Å². The quantitative estimate of drug-likeness (QED) is 0.584. The van der Waals surface area contributed by atoms with Crippen LogP contribution in [0.3, 0.4) is 0 Å². The van der Waals surface area contributed by atoms with E-state index < -0.39 is 10.0 Å². The van der Waals surface area contributed by atoms with E-state index >= 15 is 0 Å². The molecule has 0 aromatic heterocycles. The lowest BCUT2D eigenvalue weighted by atomic mass is 9.95. The molecular weight excluding hydrogens is 487 g/mol. The van der Waals surface area contributed by atoms with Gasteiger partial charge in [-0.3, -0.25) is 4.99 Å². The number of aliphatic imine (C=N–C) groups is 1. The van der Waals surface area contributed by atoms with Crippen LogP contribution >= 0.6 is 24.0 Å². The van der Waals surface area contributed by atoms with E-state index in [0.29, 0.717) is 29.9 Å². The molecule has 0 amide bonds. The maximum atomic E-state index is 12.6. The van der Waals surface area contributed by atoms with E-state index in [1.807, 2.05) is 26.0 Å². The molecule has 1 N–H and O–H groups in total. The Labute approximate surface area is 186 Å². The molecule has 3 unspecified atom stereocenters. The highest BCUT2D eigenvalue weighted by molar-refractivity contribution is 14.0. The van der Waals surface area contributed by atoms with E-state index in [1.165, 1.54) is 17.1 Å². The molecule has 0 spiro atoms. The van der Waals surface area contributed by atoms with Crippen molar-refractivity contribution < 1.29 is 8.42 Å². The van der Waals surface area contributed by atoms with Gasteiger partial charge in [-0.05, 0) is 43.4 Å². The van der Waals surface area contributed by atoms with Crippen LogP contribution in [0.25, 0.3) is 0 Å². The number of piperidine rings is 1. The highest BCUT2D eigenvalue weighted by Crippen LogP contribution is 2.26. The van der Waals surface area contributed by atoms with Crippen LogP contribution in [0, 0.1) is 5.92 Å². The Hall–Kier alpha value is -0.870. The molecular formula is C20H33IN4O2S. The number of hydrogen-bond acceptors (Lipinski definition) is 5. The molecule has 28 heavy (non-hydrogen) atoms. The lowest BCUT2D eigenvalue weighted by molar-refractivity contribution is 0.210. The van der Waals surface area contributed by atoms with Crippen LogP contribution in [0.4, 0.5) is 0 Å². The zero-order chi connectivity index (χ0) is 19.6. The number of hydrogen-bond donors (Lipinski definition) is 1. The summed E-state index contributed by atoms with van der Waals surface area (Å²) in [5.74, 6) is 1.69. The first-order valence-corrected chi connectivity index (χ1v) is 11.5. The summed E-state index contributed by atoms with van der Waals surface area (Å²) in [6.07, 6.45) is 2.49. The molecule has 2 heterocycles. The van der Waals surface area contributed by atoms with E-state index in [1.54, 1.807) is 12.1 Å². The van der Waals surface area contributed by atoms with Gasteiger partial charge in [0.1, 0.15) is 0 Å². The molecule has 1 fully saturated rings. The molecule has 2 aliphatic rings. The van der Waals surface area contributed by atoms with Gasteiger partial charge in [0.25, 0.3) is 0 Å². The van der Waals surface area contributed by atoms with Crippen LogP contribution in [-0.2, 0) is 10.0 Å². The van der Waals surface area contributed by atoms with Crippen molar-refractivity contribution in [3.8, 4) is 0 Å². The van der Waals surface area contributed by atoms with Gasteiger partial charge in [0.2, 0.25) is 10.0 Å². The molecule has 0 saturated carbocycles. The number of nitrogens with one attached hydrogen (secondary N) is 1. The molecule has 1 saturated heterocycles.